The molecule has 0 bridgehead atoms. The van der Waals surface area contributed by atoms with Crippen LogP contribution in [0.2, 0.25) is 0 Å². The van der Waals surface area contributed by atoms with Crippen LogP contribution < -0.4 is 5.32 Å². The number of aromatic nitrogens is 3. The van der Waals surface area contributed by atoms with Crippen LogP contribution in [0.15, 0.2) is 24.4 Å². The zero-order valence-electron chi connectivity index (χ0n) is 10.1. The van der Waals surface area contributed by atoms with Gasteiger partial charge in [-0.2, -0.15) is 0 Å². The molecule has 1 heterocycles. The van der Waals surface area contributed by atoms with Gasteiger partial charge in [0.05, 0.1) is 6.20 Å². The quantitative estimate of drug-likeness (QED) is 0.839. The fraction of sp³-hybridized carbons (Fsp3) is 0.167. The van der Waals surface area contributed by atoms with E-state index in [-0.39, 0.29) is 24.0 Å². The van der Waals surface area contributed by atoms with Crippen molar-refractivity contribution in [1.82, 2.24) is 15.0 Å². The predicted octanol–water partition coefficient (Wildman–Crippen LogP) is 1.18. The van der Waals surface area contributed by atoms with Gasteiger partial charge in [-0.05, 0) is 24.6 Å². The number of aryl methyl sites for hydroxylation is 1. The molecule has 0 spiro atoms. The van der Waals surface area contributed by atoms with Gasteiger partial charge < -0.3 is 5.32 Å². The Morgan fingerprint density at radius 2 is 2.32 bits per heavy atom. The lowest BCUT2D eigenvalue weighted by atomic mass is 10.2. The first-order valence-electron chi connectivity index (χ1n) is 5.50. The first-order chi connectivity index (χ1) is 9.08. The SMILES string of the molecule is Cc1ccc(NC(=O)Cn2cc(C=O)nn2)cc1F. The Hall–Kier alpha value is -2.57. The highest BCUT2D eigenvalue weighted by Gasteiger charge is 2.07. The summed E-state index contributed by atoms with van der Waals surface area (Å²) in [6, 6.07) is 4.42. The van der Waals surface area contributed by atoms with Crippen molar-refractivity contribution >= 4 is 17.9 Å². The van der Waals surface area contributed by atoms with Crippen molar-refractivity contribution in [1.29, 1.82) is 0 Å². The lowest BCUT2D eigenvalue weighted by Gasteiger charge is -2.06. The molecule has 0 aliphatic heterocycles. The standard InChI is InChI=1S/C12H11FN4O2/c1-8-2-3-9(4-11(8)13)14-12(19)6-17-5-10(7-18)15-16-17/h2-5,7H,6H2,1H3,(H,14,19). The minimum atomic E-state index is -0.387. The molecule has 0 radical (unpaired) electrons. The fourth-order valence-electron chi connectivity index (χ4n) is 1.46. The minimum Gasteiger partial charge on any atom is -0.324 e. The number of amides is 1. The zero-order valence-corrected chi connectivity index (χ0v) is 10.1. The normalized spacial score (nSPS) is 10.2. The summed E-state index contributed by atoms with van der Waals surface area (Å²) in [7, 11) is 0. The first-order valence-corrected chi connectivity index (χ1v) is 5.50. The van der Waals surface area contributed by atoms with Crippen molar-refractivity contribution in [3.05, 3.63) is 41.5 Å². The number of anilines is 1. The summed E-state index contributed by atoms with van der Waals surface area (Å²) >= 11 is 0. The highest BCUT2D eigenvalue weighted by molar-refractivity contribution is 5.90. The number of nitrogens with zero attached hydrogens (tertiary/aromatic N) is 3. The summed E-state index contributed by atoms with van der Waals surface area (Å²) in [6.07, 6.45) is 1.89. The second-order valence-corrected chi connectivity index (χ2v) is 3.97. The van der Waals surface area contributed by atoms with Gasteiger partial charge in [-0.15, -0.1) is 5.10 Å². The van der Waals surface area contributed by atoms with Crippen molar-refractivity contribution in [2.24, 2.45) is 0 Å². The van der Waals surface area contributed by atoms with E-state index in [4.69, 9.17) is 0 Å². The second kappa shape index (κ2) is 5.38. The van der Waals surface area contributed by atoms with E-state index < -0.39 is 0 Å². The fourth-order valence-corrected chi connectivity index (χ4v) is 1.46. The van der Waals surface area contributed by atoms with Gasteiger partial charge in [-0.3, -0.25) is 9.59 Å². The maximum atomic E-state index is 13.3. The molecule has 19 heavy (non-hydrogen) atoms. The third-order valence-corrected chi connectivity index (χ3v) is 2.44. The third-order valence-electron chi connectivity index (χ3n) is 2.44. The minimum absolute atomic E-state index is 0.101. The van der Waals surface area contributed by atoms with Crippen LogP contribution in [-0.4, -0.2) is 27.2 Å². The van der Waals surface area contributed by atoms with E-state index in [9.17, 15) is 14.0 Å². The summed E-state index contributed by atoms with van der Waals surface area (Å²) < 4.78 is 14.5. The average molecular weight is 262 g/mol. The molecule has 98 valence electrons. The maximum Gasteiger partial charge on any atom is 0.246 e. The van der Waals surface area contributed by atoms with Gasteiger partial charge in [0.1, 0.15) is 18.1 Å². The highest BCUT2D eigenvalue weighted by Crippen LogP contribution is 2.13. The van der Waals surface area contributed by atoms with Crippen LogP contribution in [0.25, 0.3) is 0 Å². The molecule has 1 aromatic carbocycles. The largest absolute Gasteiger partial charge is 0.324 e. The Morgan fingerprint density at radius 3 is 2.95 bits per heavy atom. The molecule has 0 aliphatic rings. The number of carbonyl (C=O) groups is 2. The summed E-state index contributed by atoms with van der Waals surface area (Å²) in [5.41, 5.74) is 1.02. The van der Waals surface area contributed by atoms with E-state index in [1.165, 1.54) is 16.9 Å². The maximum absolute atomic E-state index is 13.3. The van der Waals surface area contributed by atoms with Crippen LogP contribution >= 0.6 is 0 Å². The molecule has 0 aliphatic carbocycles. The van der Waals surface area contributed by atoms with Crippen molar-refractivity contribution in [2.45, 2.75) is 13.5 Å². The molecule has 0 saturated carbocycles. The molecule has 2 rings (SSSR count). The predicted molar refractivity (Wildman–Crippen MR) is 65.2 cm³/mol. The lowest BCUT2D eigenvalue weighted by molar-refractivity contribution is -0.116. The van der Waals surface area contributed by atoms with Crippen molar-refractivity contribution in [3.8, 4) is 0 Å². The average Bonchev–Trinajstić information content (AvgIpc) is 2.81. The molecular formula is C12H11FN4O2. The van der Waals surface area contributed by atoms with Gasteiger partial charge in [0, 0.05) is 5.69 Å². The van der Waals surface area contributed by atoms with E-state index in [2.05, 4.69) is 15.6 Å². The van der Waals surface area contributed by atoms with Gasteiger partial charge in [0.2, 0.25) is 5.91 Å². The molecule has 0 saturated heterocycles. The topological polar surface area (TPSA) is 76.9 Å². The van der Waals surface area contributed by atoms with Crippen LogP contribution in [0, 0.1) is 12.7 Å². The molecule has 1 N–H and O–H groups in total. The van der Waals surface area contributed by atoms with Crippen molar-refractivity contribution in [2.75, 3.05) is 5.32 Å². The molecule has 7 heteroatoms. The number of aldehydes is 1. The molecule has 1 aromatic heterocycles. The molecular weight excluding hydrogens is 251 g/mol. The summed E-state index contributed by atoms with van der Waals surface area (Å²) in [6.45, 7) is 1.54. The summed E-state index contributed by atoms with van der Waals surface area (Å²) in [4.78, 5) is 22.1. The Morgan fingerprint density at radius 1 is 1.53 bits per heavy atom. The van der Waals surface area contributed by atoms with Crippen molar-refractivity contribution < 1.29 is 14.0 Å². The number of hydrogen-bond acceptors (Lipinski definition) is 4. The number of hydrogen-bond donors (Lipinski definition) is 1. The highest BCUT2D eigenvalue weighted by atomic mass is 19.1. The summed E-state index contributed by atoms with van der Waals surface area (Å²) in [5, 5.41) is 9.66. The molecule has 2 aromatic rings. The van der Waals surface area contributed by atoms with Crippen LogP contribution in [-0.2, 0) is 11.3 Å². The van der Waals surface area contributed by atoms with Crippen molar-refractivity contribution in [3.63, 3.8) is 0 Å². The number of rotatable bonds is 4. The van der Waals surface area contributed by atoms with E-state index in [0.29, 0.717) is 17.5 Å². The van der Waals surface area contributed by atoms with Crippen LogP contribution in [0.4, 0.5) is 10.1 Å². The molecule has 0 unspecified atom stereocenters. The Balaban J connectivity index is 2.00. The number of nitrogens with one attached hydrogen (secondary N) is 1. The van der Waals surface area contributed by atoms with Gasteiger partial charge in [-0.25, -0.2) is 9.07 Å². The summed E-state index contributed by atoms with van der Waals surface area (Å²) in [5.74, 6) is -0.771. The van der Waals surface area contributed by atoms with E-state index in [1.807, 2.05) is 0 Å². The number of benzene rings is 1. The Kier molecular flexibility index (Phi) is 3.65. The van der Waals surface area contributed by atoms with Gasteiger partial charge >= 0.3 is 0 Å². The van der Waals surface area contributed by atoms with Crippen LogP contribution in [0.1, 0.15) is 16.1 Å². The molecule has 0 atom stereocenters. The van der Waals surface area contributed by atoms with Crippen LogP contribution in [0.5, 0.6) is 0 Å². The van der Waals surface area contributed by atoms with Gasteiger partial charge in [0.25, 0.3) is 0 Å². The zero-order chi connectivity index (χ0) is 13.8. The van der Waals surface area contributed by atoms with Gasteiger partial charge in [0.15, 0.2) is 6.29 Å². The Bertz CT molecular complexity index is 624. The van der Waals surface area contributed by atoms with Crippen LogP contribution in [0.3, 0.4) is 0 Å². The molecule has 1 amide bonds. The number of halogens is 1. The Labute approximate surface area is 108 Å². The second-order valence-electron chi connectivity index (χ2n) is 3.97. The van der Waals surface area contributed by atoms with E-state index in [0.717, 1.165) is 0 Å². The lowest BCUT2D eigenvalue weighted by Crippen LogP contribution is -2.19. The third kappa shape index (κ3) is 3.21. The molecule has 0 fully saturated rings. The van der Waals surface area contributed by atoms with E-state index in [1.54, 1.807) is 19.1 Å². The first kappa shape index (κ1) is 12.9. The monoisotopic (exact) mass is 262 g/mol. The van der Waals surface area contributed by atoms with Gasteiger partial charge in [-0.1, -0.05) is 11.3 Å². The smallest absolute Gasteiger partial charge is 0.246 e. The van der Waals surface area contributed by atoms with E-state index >= 15 is 0 Å². The molecule has 6 nitrogen and oxygen atoms in total. The number of carbonyl (C=O) groups excluding carboxylic acids is 2.